The van der Waals surface area contributed by atoms with Crippen molar-refractivity contribution in [3.8, 4) is 0 Å². The van der Waals surface area contributed by atoms with Crippen LogP contribution in [0.25, 0.3) is 0 Å². The third-order valence-electron chi connectivity index (χ3n) is 1.39. The molecule has 1 aromatic rings. The summed E-state index contributed by atoms with van der Waals surface area (Å²) in [6.07, 6.45) is 3.31. The number of nitrogens with zero attached hydrogens (tertiary/aromatic N) is 1. The van der Waals surface area contributed by atoms with Crippen LogP contribution < -0.4 is 5.73 Å². The molecule has 0 bridgehead atoms. The minimum atomic E-state index is -0.349. The molecule has 4 heteroatoms. The molecule has 3 nitrogen and oxygen atoms in total. The molecule has 0 radical (unpaired) electrons. The van der Waals surface area contributed by atoms with Crippen LogP contribution in [0, 0.1) is 0 Å². The largest absolute Gasteiger partial charge is 0.394 e. The fourth-order valence-electron chi connectivity index (χ4n) is 0.761. The molecule has 0 fully saturated rings. The lowest BCUT2D eigenvalue weighted by Crippen LogP contribution is -2.15. The van der Waals surface area contributed by atoms with Crippen molar-refractivity contribution in [2.24, 2.45) is 5.73 Å². The van der Waals surface area contributed by atoms with Crippen LogP contribution in [0.4, 0.5) is 0 Å². The molecule has 0 aliphatic carbocycles. The maximum absolute atomic E-state index is 8.74. The van der Waals surface area contributed by atoms with Crippen LogP contribution in [0.2, 0.25) is 0 Å². The lowest BCUT2D eigenvalue weighted by molar-refractivity contribution is 0.267. The van der Waals surface area contributed by atoms with Gasteiger partial charge in [-0.25, -0.2) is 0 Å². The van der Waals surface area contributed by atoms with Crippen LogP contribution in [0.5, 0.6) is 0 Å². The maximum Gasteiger partial charge on any atom is 0.0625 e. The van der Waals surface area contributed by atoms with Gasteiger partial charge in [0.05, 0.1) is 12.6 Å². The lowest BCUT2D eigenvalue weighted by Gasteiger charge is -2.08. The van der Waals surface area contributed by atoms with Crippen molar-refractivity contribution >= 4 is 15.9 Å². The summed E-state index contributed by atoms with van der Waals surface area (Å²) >= 11 is 3.31. The van der Waals surface area contributed by atoms with Crippen molar-refractivity contribution in [1.82, 2.24) is 4.98 Å². The van der Waals surface area contributed by atoms with Crippen LogP contribution in [0.3, 0.4) is 0 Å². The zero-order chi connectivity index (χ0) is 8.27. The SMILES string of the molecule is NC(CO)c1cnccc1Br. The van der Waals surface area contributed by atoms with E-state index in [9.17, 15) is 0 Å². The molecule has 60 valence electrons. The molecular weight excluding hydrogens is 208 g/mol. The molecule has 0 aromatic carbocycles. The lowest BCUT2D eigenvalue weighted by atomic mass is 10.1. The number of nitrogens with two attached hydrogens (primary N) is 1. The summed E-state index contributed by atoms with van der Waals surface area (Å²) in [6.45, 7) is -0.0652. The molecule has 1 rings (SSSR count). The van der Waals surface area contributed by atoms with Gasteiger partial charge in [0, 0.05) is 22.4 Å². The molecule has 0 saturated carbocycles. The molecule has 3 N–H and O–H groups in total. The van der Waals surface area contributed by atoms with E-state index < -0.39 is 0 Å². The van der Waals surface area contributed by atoms with Gasteiger partial charge in [-0.05, 0) is 6.07 Å². The quantitative estimate of drug-likeness (QED) is 0.771. The second-order valence-corrected chi connectivity index (χ2v) is 3.04. The van der Waals surface area contributed by atoms with Gasteiger partial charge < -0.3 is 10.8 Å². The van der Waals surface area contributed by atoms with Crippen molar-refractivity contribution in [2.75, 3.05) is 6.61 Å². The third kappa shape index (κ3) is 1.99. The van der Waals surface area contributed by atoms with Crippen molar-refractivity contribution < 1.29 is 5.11 Å². The number of aliphatic hydroxyl groups excluding tert-OH is 1. The first kappa shape index (κ1) is 8.64. The zero-order valence-electron chi connectivity index (χ0n) is 5.87. The fraction of sp³-hybridized carbons (Fsp3) is 0.286. The Bertz CT molecular complexity index is 242. The van der Waals surface area contributed by atoms with Gasteiger partial charge in [-0.3, -0.25) is 4.98 Å². The van der Waals surface area contributed by atoms with E-state index in [1.165, 1.54) is 0 Å². The highest BCUT2D eigenvalue weighted by Crippen LogP contribution is 2.19. The van der Waals surface area contributed by atoms with Gasteiger partial charge in [0.15, 0.2) is 0 Å². The van der Waals surface area contributed by atoms with Crippen molar-refractivity contribution in [3.05, 3.63) is 28.5 Å². The highest BCUT2D eigenvalue weighted by atomic mass is 79.9. The first-order valence-electron chi connectivity index (χ1n) is 3.21. The Hall–Kier alpha value is -0.450. The van der Waals surface area contributed by atoms with E-state index in [2.05, 4.69) is 20.9 Å². The van der Waals surface area contributed by atoms with Crippen LogP contribution in [-0.2, 0) is 0 Å². The number of hydrogen-bond acceptors (Lipinski definition) is 3. The second kappa shape index (κ2) is 3.80. The Kier molecular flexibility index (Phi) is 2.99. The average molecular weight is 217 g/mol. The fourth-order valence-corrected chi connectivity index (χ4v) is 1.28. The van der Waals surface area contributed by atoms with Crippen molar-refractivity contribution in [1.29, 1.82) is 0 Å². The average Bonchev–Trinajstić information content (AvgIpc) is 2.04. The minimum Gasteiger partial charge on any atom is -0.394 e. The number of hydrogen-bond donors (Lipinski definition) is 2. The van der Waals surface area contributed by atoms with E-state index in [4.69, 9.17) is 10.8 Å². The Morgan fingerprint density at radius 2 is 2.45 bits per heavy atom. The van der Waals surface area contributed by atoms with Gasteiger partial charge in [0.1, 0.15) is 0 Å². The Balaban J connectivity index is 2.93. The minimum absolute atomic E-state index is 0.0652. The number of pyridine rings is 1. The molecule has 1 atom stereocenters. The Labute approximate surface area is 73.4 Å². The van der Waals surface area contributed by atoms with Crippen LogP contribution in [0.15, 0.2) is 22.9 Å². The molecule has 0 aliphatic heterocycles. The third-order valence-corrected chi connectivity index (χ3v) is 2.11. The second-order valence-electron chi connectivity index (χ2n) is 2.19. The highest BCUT2D eigenvalue weighted by molar-refractivity contribution is 9.10. The molecule has 1 heterocycles. The molecule has 1 unspecified atom stereocenters. The number of aliphatic hydroxyl groups is 1. The first-order chi connectivity index (χ1) is 5.25. The Morgan fingerprint density at radius 3 is 3.00 bits per heavy atom. The normalized spacial score (nSPS) is 13.0. The van der Waals surface area contributed by atoms with Crippen LogP contribution in [0.1, 0.15) is 11.6 Å². The number of rotatable bonds is 2. The monoisotopic (exact) mass is 216 g/mol. The summed E-state index contributed by atoms with van der Waals surface area (Å²) in [6, 6.07) is 1.45. The van der Waals surface area contributed by atoms with Crippen LogP contribution >= 0.6 is 15.9 Å². The molecule has 0 saturated heterocycles. The molecule has 0 amide bonds. The first-order valence-corrected chi connectivity index (χ1v) is 4.01. The summed E-state index contributed by atoms with van der Waals surface area (Å²) in [5.41, 5.74) is 6.40. The molecule has 1 aromatic heterocycles. The smallest absolute Gasteiger partial charge is 0.0625 e. The number of halogens is 1. The molecule has 0 aliphatic rings. The van der Waals surface area contributed by atoms with E-state index in [1.54, 1.807) is 18.5 Å². The molecule has 11 heavy (non-hydrogen) atoms. The topological polar surface area (TPSA) is 59.1 Å². The summed E-state index contributed by atoms with van der Waals surface area (Å²) in [5, 5.41) is 8.74. The standard InChI is InChI=1S/C7H9BrN2O/c8-6-1-2-10-3-5(6)7(9)4-11/h1-3,7,11H,4,9H2. The maximum atomic E-state index is 8.74. The summed E-state index contributed by atoms with van der Waals surface area (Å²) in [5.74, 6) is 0. The molecular formula is C7H9BrN2O. The van der Waals surface area contributed by atoms with Gasteiger partial charge >= 0.3 is 0 Å². The highest BCUT2D eigenvalue weighted by Gasteiger charge is 2.07. The zero-order valence-corrected chi connectivity index (χ0v) is 7.45. The van der Waals surface area contributed by atoms with Gasteiger partial charge in [-0.2, -0.15) is 0 Å². The van der Waals surface area contributed by atoms with Crippen molar-refractivity contribution in [2.45, 2.75) is 6.04 Å². The van der Waals surface area contributed by atoms with E-state index >= 15 is 0 Å². The van der Waals surface area contributed by atoms with Gasteiger partial charge in [-0.1, -0.05) is 15.9 Å². The summed E-state index contributed by atoms with van der Waals surface area (Å²) in [7, 11) is 0. The predicted octanol–water partition coefficient (Wildman–Crippen LogP) is 0.836. The summed E-state index contributed by atoms with van der Waals surface area (Å²) < 4.78 is 0.883. The predicted molar refractivity (Wildman–Crippen MR) is 46.0 cm³/mol. The van der Waals surface area contributed by atoms with Crippen LogP contribution in [-0.4, -0.2) is 16.7 Å². The van der Waals surface area contributed by atoms with Gasteiger partial charge in [-0.15, -0.1) is 0 Å². The van der Waals surface area contributed by atoms with E-state index in [0.717, 1.165) is 10.0 Å². The summed E-state index contributed by atoms with van der Waals surface area (Å²) in [4.78, 5) is 3.89. The van der Waals surface area contributed by atoms with E-state index in [-0.39, 0.29) is 12.6 Å². The van der Waals surface area contributed by atoms with Gasteiger partial charge in [0.2, 0.25) is 0 Å². The number of aromatic nitrogens is 1. The van der Waals surface area contributed by atoms with E-state index in [0.29, 0.717) is 0 Å². The van der Waals surface area contributed by atoms with Gasteiger partial charge in [0.25, 0.3) is 0 Å². The molecule has 0 spiro atoms. The Morgan fingerprint density at radius 1 is 1.73 bits per heavy atom. The van der Waals surface area contributed by atoms with Crippen molar-refractivity contribution in [3.63, 3.8) is 0 Å². The van der Waals surface area contributed by atoms with E-state index in [1.807, 2.05) is 0 Å².